The normalized spacial score (nSPS) is 15.1. The summed E-state index contributed by atoms with van der Waals surface area (Å²) in [5.74, 6) is -0.828. The summed E-state index contributed by atoms with van der Waals surface area (Å²) in [6, 6.07) is 2.65. The number of aromatic nitrogens is 5. The highest BCUT2D eigenvalue weighted by Gasteiger charge is 2.32. The maximum Gasteiger partial charge on any atom is 0.416 e. The third-order valence-corrected chi connectivity index (χ3v) is 8.82. The zero-order chi connectivity index (χ0) is 34.3. The molecule has 0 spiro atoms. The SMILES string of the molecule is CCc1c(N2CCN(C(=O)c3ncnc(C)c3O)CC2)c(=O)c2nc(N3CCC3)cnc2n1CC(=O)Nc1ccc(C(F)(F)F)cc1Cl. The predicted octanol–water partition coefficient (Wildman–Crippen LogP) is 3.64. The van der Waals surface area contributed by atoms with Gasteiger partial charge >= 0.3 is 6.18 Å². The molecular weight excluding hydrogens is 655 g/mol. The Bertz CT molecular complexity index is 1980. The fraction of sp³-hybridized carbons (Fsp3) is 0.387. The number of hydrogen-bond acceptors (Lipinski definition) is 10. The molecule has 0 unspecified atom stereocenters. The Morgan fingerprint density at radius 2 is 1.77 bits per heavy atom. The van der Waals surface area contributed by atoms with Gasteiger partial charge in [-0.15, -0.1) is 0 Å². The number of hydrogen-bond donors (Lipinski definition) is 2. The van der Waals surface area contributed by atoms with Crippen molar-refractivity contribution in [3.8, 4) is 5.75 Å². The van der Waals surface area contributed by atoms with Gasteiger partial charge in [0.2, 0.25) is 11.3 Å². The minimum atomic E-state index is -4.60. The molecule has 48 heavy (non-hydrogen) atoms. The monoisotopic (exact) mass is 685 g/mol. The number of alkyl halides is 3. The number of piperazine rings is 1. The second-order valence-electron chi connectivity index (χ2n) is 11.5. The number of halogens is 4. The standard InChI is InChI=1S/C31H31ClF3N9O4/c1-3-21-26(42-9-11-43(12-10-42)30(48)25-27(46)17(2)37-16-38-25)28(47)24-29(36-14-22(40-24)41-7-4-8-41)44(21)15-23(45)39-20-6-5-18(13-19(20)32)31(33,34)35/h5-6,13-14,16,46H,3-4,7-12,15H2,1-2H3,(H,39,45). The van der Waals surface area contributed by atoms with Crippen molar-refractivity contribution in [3.63, 3.8) is 0 Å². The van der Waals surface area contributed by atoms with Crippen LogP contribution in [0.5, 0.6) is 5.75 Å². The van der Waals surface area contributed by atoms with Gasteiger partial charge in [-0.2, -0.15) is 13.2 Å². The molecule has 0 bridgehead atoms. The van der Waals surface area contributed by atoms with E-state index in [0.717, 1.165) is 37.7 Å². The van der Waals surface area contributed by atoms with Gasteiger partial charge in [0.1, 0.15) is 24.4 Å². The Hall–Kier alpha value is -4.99. The van der Waals surface area contributed by atoms with Gasteiger partial charge in [-0.3, -0.25) is 14.4 Å². The summed E-state index contributed by atoms with van der Waals surface area (Å²) < 4.78 is 41.0. The molecule has 6 rings (SSSR count). The number of nitrogens with zero attached hydrogens (tertiary/aromatic N) is 8. The first kappa shape index (κ1) is 32.9. The molecule has 13 nitrogen and oxygen atoms in total. The Morgan fingerprint density at radius 3 is 2.40 bits per heavy atom. The first-order valence-electron chi connectivity index (χ1n) is 15.3. The van der Waals surface area contributed by atoms with Crippen LogP contribution in [0.25, 0.3) is 11.2 Å². The molecule has 2 aliphatic heterocycles. The molecular formula is C31H31ClF3N9O4. The smallest absolute Gasteiger partial charge is 0.416 e. The maximum absolute atomic E-state index is 14.2. The summed E-state index contributed by atoms with van der Waals surface area (Å²) in [4.78, 5) is 63.2. The van der Waals surface area contributed by atoms with E-state index in [1.54, 1.807) is 17.7 Å². The highest BCUT2D eigenvalue weighted by Crippen LogP contribution is 2.34. The quantitative estimate of drug-likeness (QED) is 0.295. The zero-order valence-corrected chi connectivity index (χ0v) is 26.8. The molecule has 2 amide bonds. The third-order valence-electron chi connectivity index (χ3n) is 8.50. The molecule has 0 radical (unpaired) electrons. The molecule has 0 atom stereocenters. The van der Waals surface area contributed by atoms with Crippen molar-refractivity contribution < 1.29 is 27.9 Å². The Labute approximate surface area is 277 Å². The molecule has 1 aromatic carbocycles. The fourth-order valence-corrected chi connectivity index (χ4v) is 6.03. The number of aromatic hydroxyl groups is 1. The number of aryl methyl sites for hydroxylation is 1. The lowest BCUT2D eigenvalue weighted by atomic mass is 10.1. The molecule has 2 saturated heterocycles. The largest absolute Gasteiger partial charge is 0.504 e. The molecule has 2 fully saturated rings. The minimum Gasteiger partial charge on any atom is -0.504 e. The van der Waals surface area contributed by atoms with Crippen LogP contribution >= 0.6 is 11.6 Å². The zero-order valence-electron chi connectivity index (χ0n) is 26.0. The summed E-state index contributed by atoms with van der Waals surface area (Å²) in [6.45, 7) is 5.54. The fourth-order valence-electron chi connectivity index (χ4n) is 5.81. The van der Waals surface area contributed by atoms with Crippen LogP contribution in [0.3, 0.4) is 0 Å². The summed E-state index contributed by atoms with van der Waals surface area (Å²) in [5.41, 5.74) is -0.101. The van der Waals surface area contributed by atoms with Crippen LogP contribution in [0.2, 0.25) is 5.02 Å². The molecule has 0 aliphatic carbocycles. The number of pyridine rings is 1. The lowest BCUT2D eigenvalue weighted by Crippen LogP contribution is -2.50. The number of benzene rings is 1. The number of fused-ring (bicyclic) bond motifs is 1. The van der Waals surface area contributed by atoms with Gasteiger partial charge in [-0.25, -0.2) is 19.9 Å². The van der Waals surface area contributed by atoms with Crippen LogP contribution in [-0.2, 0) is 23.9 Å². The van der Waals surface area contributed by atoms with Crippen LogP contribution in [0.1, 0.15) is 40.8 Å². The van der Waals surface area contributed by atoms with Gasteiger partial charge in [-0.1, -0.05) is 18.5 Å². The van der Waals surface area contributed by atoms with Gasteiger partial charge in [0.25, 0.3) is 5.91 Å². The average molecular weight is 686 g/mol. The van der Waals surface area contributed by atoms with Gasteiger partial charge in [0, 0.05) is 45.0 Å². The van der Waals surface area contributed by atoms with E-state index in [4.69, 9.17) is 11.6 Å². The molecule has 2 aliphatic rings. The molecule has 3 aromatic heterocycles. The van der Waals surface area contributed by atoms with Gasteiger partial charge in [0.15, 0.2) is 22.6 Å². The van der Waals surface area contributed by atoms with E-state index in [2.05, 4.69) is 25.3 Å². The van der Waals surface area contributed by atoms with E-state index in [1.165, 1.54) is 11.2 Å². The van der Waals surface area contributed by atoms with Gasteiger partial charge in [0.05, 0.1) is 28.2 Å². The van der Waals surface area contributed by atoms with Crippen LogP contribution in [0.4, 0.5) is 30.4 Å². The molecule has 4 aromatic rings. The van der Waals surface area contributed by atoms with E-state index in [9.17, 15) is 32.7 Å². The maximum atomic E-state index is 14.2. The Kier molecular flexibility index (Phi) is 8.85. The Balaban J connectivity index is 1.34. The first-order chi connectivity index (χ1) is 22.9. The van der Waals surface area contributed by atoms with Gasteiger partial charge < -0.3 is 29.7 Å². The Morgan fingerprint density at radius 1 is 1.04 bits per heavy atom. The number of carbonyl (C=O) groups is 2. The predicted molar refractivity (Wildman–Crippen MR) is 172 cm³/mol. The highest BCUT2D eigenvalue weighted by atomic mass is 35.5. The van der Waals surface area contributed by atoms with E-state index in [1.807, 2.05) is 16.7 Å². The second-order valence-corrected chi connectivity index (χ2v) is 11.9. The second kappa shape index (κ2) is 12.9. The van der Waals surface area contributed by atoms with E-state index in [-0.39, 0.29) is 77.2 Å². The van der Waals surface area contributed by atoms with Crippen molar-refractivity contribution >= 4 is 51.8 Å². The summed E-state index contributed by atoms with van der Waals surface area (Å²) >= 11 is 6.09. The van der Waals surface area contributed by atoms with Crippen LogP contribution in [0.15, 0.2) is 35.5 Å². The number of anilines is 3. The highest BCUT2D eigenvalue weighted by molar-refractivity contribution is 6.33. The van der Waals surface area contributed by atoms with Crippen molar-refractivity contribution in [2.24, 2.45) is 0 Å². The number of carbonyl (C=O) groups excluding carboxylic acids is 2. The van der Waals surface area contributed by atoms with Crippen molar-refractivity contribution in [2.75, 3.05) is 54.4 Å². The first-order valence-corrected chi connectivity index (χ1v) is 15.6. The topological polar surface area (TPSA) is 150 Å². The minimum absolute atomic E-state index is 0.00449. The molecule has 252 valence electrons. The number of rotatable bonds is 7. The molecule has 2 N–H and O–H groups in total. The lowest BCUT2D eigenvalue weighted by Gasteiger charge is -2.37. The summed E-state index contributed by atoms with van der Waals surface area (Å²) in [6.07, 6.45) is -0.545. The van der Waals surface area contributed by atoms with E-state index < -0.39 is 23.6 Å². The van der Waals surface area contributed by atoms with E-state index in [0.29, 0.717) is 23.6 Å². The van der Waals surface area contributed by atoms with Crippen molar-refractivity contribution in [1.29, 1.82) is 0 Å². The van der Waals surface area contributed by atoms with Crippen LogP contribution in [0, 0.1) is 6.92 Å². The number of nitrogens with one attached hydrogen (secondary N) is 1. The van der Waals surface area contributed by atoms with Crippen molar-refractivity contribution in [3.05, 3.63) is 68.6 Å². The molecule has 17 heteroatoms. The van der Waals surface area contributed by atoms with Crippen LogP contribution < -0.4 is 20.5 Å². The third kappa shape index (κ3) is 6.19. The number of amides is 2. The van der Waals surface area contributed by atoms with Crippen LogP contribution in [-0.4, -0.2) is 85.6 Å². The van der Waals surface area contributed by atoms with Crippen molar-refractivity contribution in [2.45, 2.75) is 39.4 Å². The van der Waals surface area contributed by atoms with Crippen molar-refractivity contribution in [1.82, 2.24) is 29.4 Å². The molecule has 5 heterocycles. The van der Waals surface area contributed by atoms with E-state index >= 15 is 0 Å². The summed E-state index contributed by atoms with van der Waals surface area (Å²) in [7, 11) is 0. The lowest BCUT2D eigenvalue weighted by molar-refractivity contribution is -0.137. The average Bonchev–Trinajstić information content (AvgIpc) is 3.03. The van der Waals surface area contributed by atoms with Gasteiger partial charge in [-0.05, 0) is 38.0 Å². The molecule has 0 saturated carbocycles. The summed E-state index contributed by atoms with van der Waals surface area (Å²) in [5, 5.41) is 12.6.